The van der Waals surface area contributed by atoms with Gasteiger partial charge in [0.1, 0.15) is 0 Å². The van der Waals surface area contributed by atoms with Gasteiger partial charge >= 0.3 is 0 Å². The number of carbonyl (C=O) groups excluding carboxylic acids is 1. The van der Waals surface area contributed by atoms with Crippen LogP contribution in [0, 0.1) is 6.92 Å². The molecule has 3 rings (SSSR count). The van der Waals surface area contributed by atoms with Crippen LogP contribution in [0.2, 0.25) is 0 Å². The van der Waals surface area contributed by atoms with Crippen LogP contribution in [-0.4, -0.2) is 15.5 Å². The lowest BCUT2D eigenvalue weighted by molar-refractivity contribution is -0.120. The minimum Gasteiger partial charge on any atom is -0.352 e. The Balaban J connectivity index is 1.54. The quantitative estimate of drug-likeness (QED) is 0.787. The Morgan fingerprint density at radius 2 is 1.74 bits per heavy atom. The lowest BCUT2D eigenvalue weighted by Gasteiger charge is -2.07. The van der Waals surface area contributed by atoms with E-state index in [9.17, 15) is 4.79 Å². The summed E-state index contributed by atoms with van der Waals surface area (Å²) in [6.45, 7) is 2.61. The van der Waals surface area contributed by atoms with Gasteiger partial charge in [-0.1, -0.05) is 42.0 Å². The number of benzene rings is 2. The first-order valence-corrected chi connectivity index (χ1v) is 7.60. The Morgan fingerprint density at radius 1 is 1.04 bits per heavy atom. The second kappa shape index (κ2) is 6.92. The molecule has 0 saturated carbocycles. The van der Waals surface area contributed by atoms with Crippen molar-refractivity contribution in [1.82, 2.24) is 14.9 Å². The van der Waals surface area contributed by atoms with Crippen molar-refractivity contribution in [1.29, 1.82) is 0 Å². The van der Waals surface area contributed by atoms with E-state index in [1.54, 1.807) is 12.5 Å². The van der Waals surface area contributed by atoms with Gasteiger partial charge in [0.25, 0.3) is 0 Å². The van der Waals surface area contributed by atoms with E-state index in [1.165, 1.54) is 5.56 Å². The van der Waals surface area contributed by atoms with Crippen molar-refractivity contribution in [3.63, 3.8) is 0 Å². The van der Waals surface area contributed by atoms with Gasteiger partial charge in [0.05, 0.1) is 12.7 Å². The summed E-state index contributed by atoms with van der Waals surface area (Å²) in [5, 5.41) is 2.95. The molecule has 0 unspecified atom stereocenters. The predicted molar refractivity (Wildman–Crippen MR) is 90.3 cm³/mol. The summed E-state index contributed by atoms with van der Waals surface area (Å²) in [4.78, 5) is 16.1. The zero-order chi connectivity index (χ0) is 16.1. The molecule has 4 nitrogen and oxygen atoms in total. The highest BCUT2D eigenvalue weighted by Gasteiger charge is 2.04. The zero-order valence-corrected chi connectivity index (χ0v) is 13.1. The number of hydrogen-bond acceptors (Lipinski definition) is 2. The van der Waals surface area contributed by atoms with Crippen LogP contribution in [0.15, 0.2) is 67.3 Å². The van der Waals surface area contributed by atoms with Crippen molar-refractivity contribution in [3.05, 3.63) is 83.9 Å². The van der Waals surface area contributed by atoms with Gasteiger partial charge < -0.3 is 9.88 Å². The summed E-state index contributed by atoms with van der Waals surface area (Å²) in [7, 11) is 0. The van der Waals surface area contributed by atoms with E-state index in [0.717, 1.165) is 16.8 Å². The summed E-state index contributed by atoms with van der Waals surface area (Å²) in [6, 6.07) is 16.1. The third-order valence-corrected chi connectivity index (χ3v) is 3.71. The summed E-state index contributed by atoms with van der Waals surface area (Å²) in [6.07, 6.45) is 5.77. The molecule has 1 amide bonds. The molecule has 0 atom stereocenters. The third-order valence-electron chi connectivity index (χ3n) is 3.71. The van der Waals surface area contributed by atoms with Crippen LogP contribution in [0.3, 0.4) is 0 Å². The Morgan fingerprint density at radius 3 is 2.39 bits per heavy atom. The third kappa shape index (κ3) is 4.07. The van der Waals surface area contributed by atoms with Gasteiger partial charge in [-0.15, -0.1) is 0 Å². The number of nitrogens with one attached hydrogen (secondary N) is 1. The van der Waals surface area contributed by atoms with Crippen molar-refractivity contribution in [2.24, 2.45) is 0 Å². The van der Waals surface area contributed by atoms with Crippen LogP contribution in [0.5, 0.6) is 0 Å². The van der Waals surface area contributed by atoms with Gasteiger partial charge in [-0.25, -0.2) is 4.98 Å². The standard InChI is InChI=1S/C19H19N3O/c1-15-2-4-17(5-3-15)13-21-19(23)12-16-6-8-18(9-7-16)22-11-10-20-14-22/h2-11,14H,12-13H2,1H3,(H,21,23). The molecule has 3 aromatic rings. The van der Waals surface area contributed by atoms with E-state index in [1.807, 2.05) is 47.2 Å². The molecule has 116 valence electrons. The molecule has 1 heterocycles. The normalized spacial score (nSPS) is 10.5. The van der Waals surface area contributed by atoms with Gasteiger partial charge in [-0.3, -0.25) is 4.79 Å². The van der Waals surface area contributed by atoms with E-state index in [-0.39, 0.29) is 5.91 Å². The maximum atomic E-state index is 12.0. The van der Waals surface area contributed by atoms with Gasteiger partial charge in [0, 0.05) is 24.6 Å². The molecule has 23 heavy (non-hydrogen) atoms. The van der Waals surface area contributed by atoms with Crippen LogP contribution in [-0.2, 0) is 17.8 Å². The van der Waals surface area contributed by atoms with Crippen LogP contribution in [0.4, 0.5) is 0 Å². The van der Waals surface area contributed by atoms with E-state index in [0.29, 0.717) is 13.0 Å². The number of hydrogen-bond donors (Lipinski definition) is 1. The summed E-state index contributed by atoms with van der Waals surface area (Å²) in [5.41, 5.74) is 4.36. The van der Waals surface area contributed by atoms with Crippen LogP contribution < -0.4 is 5.32 Å². The Bertz CT molecular complexity index is 759. The number of amides is 1. The molecule has 0 fully saturated rings. The molecule has 2 aromatic carbocycles. The van der Waals surface area contributed by atoms with E-state index >= 15 is 0 Å². The maximum absolute atomic E-state index is 12.0. The average Bonchev–Trinajstić information content (AvgIpc) is 3.09. The molecule has 0 spiro atoms. The fourth-order valence-corrected chi connectivity index (χ4v) is 2.35. The highest BCUT2D eigenvalue weighted by atomic mass is 16.1. The molecule has 0 aliphatic carbocycles. The second-order valence-corrected chi connectivity index (χ2v) is 5.58. The van der Waals surface area contributed by atoms with Gasteiger partial charge in [-0.05, 0) is 30.2 Å². The number of carbonyl (C=O) groups is 1. The fourth-order valence-electron chi connectivity index (χ4n) is 2.35. The first-order valence-electron chi connectivity index (χ1n) is 7.60. The van der Waals surface area contributed by atoms with Gasteiger partial charge in [0.15, 0.2) is 0 Å². The molecule has 4 heteroatoms. The Kier molecular flexibility index (Phi) is 4.52. The van der Waals surface area contributed by atoms with Crippen molar-refractivity contribution in [2.45, 2.75) is 19.9 Å². The van der Waals surface area contributed by atoms with Gasteiger partial charge in [0.2, 0.25) is 5.91 Å². The Labute approximate surface area is 135 Å². The average molecular weight is 305 g/mol. The molecule has 0 bridgehead atoms. The molecule has 0 radical (unpaired) electrons. The van der Waals surface area contributed by atoms with E-state index in [4.69, 9.17) is 0 Å². The highest BCUT2D eigenvalue weighted by molar-refractivity contribution is 5.78. The molecular weight excluding hydrogens is 286 g/mol. The molecule has 0 aliphatic rings. The summed E-state index contributed by atoms with van der Waals surface area (Å²) < 4.78 is 1.93. The highest BCUT2D eigenvalue weighted by Crippen LogP contribution is 2.10. The van der Waals surface area contributed by atoms with Crippen LogP contribution >= 0.6 is 0 Å². The Hall–Kier alpha value is -2.88. The molecule has 0 aliphatic heterocycles. The van der Waals surface area contributed by atoms with E-state index in [2.05, 4.69) is 29.4 Å². The first kappa shape index (κ1) is 15.0. The van der Waals surface area contributed by atoms with Crippen LogP contribution in [0.1, 0.15) is 16.7 Å². The lowest BCUT2D eigenvalue weighted by Crippen LogP contribution is -2.24. The minimum absolute atomic E-state index is 0.0287. The van der Waals surface area contributed by atoms with E-state index < -0.39 is 0 Å². The lowest BCUT2D eigenvalue weighted by atomic mass is 10.1. The largest absolute Gasteiger partial charge is 0.352 e. The van der Waals surface area contributed by atoms with Crippen LogP contribution in [0.25, 0.3) is 5.69 Å². The molecular formula is C19H19N3O. The number of imidazole rings is 1. The van der Waals surface area contributed by atoms with Crippen molar-refractivity contribution < 1.29 is 4.79 Å². The van der Waals surface area contributed by atoms with Gasteiger partial charge in [-0.2, -0.15) is 0 Å². The minimum atomic E-state index is 0.0287. The number of nitrogens with zero attached hydrogens (tertiary/aromatic N) is 2. The number of aromatic nitrogens is 2. The van der Waals surface area contributed by atoms with Crippen molar-refractivity contribution in [2.75, 3.05) is 0 Å². The van der Waals surface area contributed by atoms with Crippen molar-refractivity contribution >= 4 is 5.91 Å². The SMILES string of the molecule is Cc1ccc(CNC(=O)Cc2ccc(-n3ccnc3)cc2)cc1. The monoisotopic (exact) mass is 305 g/mol. The van der Waals surface area contributed by atoms with Crippen molar-refractivity contribution in [3.8, 4) is 5.69 Å². The number of rotatable bonds is 5. The predicted octanol–water partition coefficient (Wildman–Crippen LogP) is 3.04. The summed E-state index contributed by atoms with van der Waals surface area (Å²) in [5.74, 6) is 0.0287. The topological polar surface area (TPSA) is 46.9 Å². The first-order chi connectivity index (χ1) is 11.2. The zero-order valence-electron chi connectivity index (χ0n) is 13.1. The fraction of sp³-hybridized carbons (Fsp3) is 0.158. The number of aryl methyl sites for hydroxylation is 1. The molecule has 1 N–H and O–H groups in total. The summed E-state index contributed by atoms with van der Waals surface area (Å²) >= 11 is 0. The second-order valence-electron chi connectivity index (χ2n) is 5.58. The molecule has 1 aromatic heterocycles. The maximum Gasteiger partial charge on any atom is 0.224 e. The molecule has 0 saturated heterocycles. The smallest absolute Gasteiger partial charge is 0.224 e.